The third-order valence-corrected chi connectivity index (χ3v) is 4.14. The van der Waals surface area contributed by atoms with Crippen LogP contribution in [0.25, 0.3) is 0 Å². The van der Waals surface area contributed by atoms with E-state index in [1.54, 1.807) is 18.2 Å². The zero-order valence-corrected chi connectivity index (χ0v) is 12.7. The first kappa shape index (κ1) is 13.9. The lowest BCUT2D eigenvalue weighted by Gasteiger charge is -2.14. The van der Waals surface area contributed by atoms with E-state index in [1.165, 1.54) is 0 Å². The van der Waals surface area contributed by atoms with Crippen LogP contribution in [0.15, 0.2) is 40.9 Å². The van der Waals surface area contributed by atoms with Crippen LogP contribution in [0.1, 0.15) is 22.8 Å². The number of benzene rings is 2. The van der Waals surface area contributed by atoms with Crippen LogP contribution in [0.4, 0.5) is 0 Å². The Morgan fingerprint density at radius 1 is 1.06 bits per heavy atom. The smallest absolute Gasteiger partial charge is 0.105 e. The molecule has 2 aromatic rings. The van der Waals surface area contributed by atoms with Crippen LogP contribution in [-0.4, -0.2) is 5.11 Å². The van der Waals surface area contributed by atoms with Crippen LogP contribution in [0.3, 0.4) is 0 Å². The first-order chi connectivity index (χ1) is 8.49. The van der Waals surface area contributed by atoms with Crippen molar-refractivity contribution in [3.63, 3.8) is 0 Å². The van der Waals surface area contributed by atoms with E-state index in [0.29, 0.717) is 15.6 Å². The molecule has 0 fully saturated rings. The van der Waals surface area contributed by atoms with Gasteiger partial charge in [-0.15, -0.1) is 0 Å². The van der Waals surface area contributed by atoms with Gasteiger partial charge in [0.25, 0.3) is 0 Å². The van der Waals surface area contributed by atoms with Gasteiger partial charge in [-0.1, -0.05) is 57.3 Å². The zero-order chi connectivity index (χ0) is 13.3. The molecule has 94 valence electrons. The highest BCUT2D eigenvalue weighted by molar-refractivity contribution is 9.10. The fourth-order valence-electron chi connectivity index (χ4n) is 1.72. The summed E-state index contributed by atoms with van der Waals surface area (Å²) >= 11 is 15.3. The lowest BCUT2D eigenvalue weighted by atomic mass is 10.0. The van der Waals surface area contributed by atoms with E-state index in [-0.39, 0.29) is 0 Å². The van der Waals surface area contributed by atoms with E-state index >= 15 is 0 Å². The lowest BCUT2D eigenvalue weighted by molar-refractivity contribution is 0.219. The van der Waals surface area contributed by atoms with Crippen LogP contribution < -0.4 is 0 Å². The predicted molar refractivity (Wildman–Crippen MR) is 79.4 cm³/mol. The molecule has 0 amide bonds. The van der Waals surface area contributed by atoms with Crippen molar-refractivity contribution in [3.05, 3.63) is 67.6 Å². The Morgan fingerprint density at radius 2 is 1.78 bits per heavy atom. The van der Waals surface area contributed by atoms with Gasteiger partial charge in [0.1, 0.15) is 6.10 Å². The highest BCUT2D eigenvalue weighted by Gasteiger charge is 2.14. The topological polar surface area (TPSA) is 20.2 Å². The van der Waals surface area contributed by atoms with Crippen molar-refractivity contribution < 1.29 is 5.11 Å². The molecule has 1 atom stereocenters. The van der Waals surface area contributed by atoms with Crippen molar-refractivity contribution >= 4 is 39.1 Å². The Labute approximate surface area is 124 Å². The van der Waals surface area contributed by atoms with Gasteiger partial charge in [-0.25, -0.2) is 0 Å². The molecule has 2 aromatic carbocycles. The van der Waals surface area contributed by atoms with Gasteiger partial charge in [-0.05, 0) is 41.8 Å². The molecule has 1 N–H and O–H groups in total. The number of hydrogen-bond acceptors (Lipinski definition) is 1. The Hall–Kier alpha value is -0.540. The van der Waals surface area contributed by atoms with Gasteiger partial charge < -0.3 is 5.11 Å². The Morgan fingerprint density at radius 3 is 2.39 bits per heavy atom. The minimum absolute atomic E-state index is 0.441. The summed E-state index contributed by atoms with van der Waals surface area (Å²) in [5.74, 6) is 0. The van der Waals surface area contributed by atoms with Crippen LogP contribution in [0.2, 0.25) is 10.0 Å². The number of rotatable bonds is 2. The molecule has 0 aliphatic heterocycles. The summed E-state index contributed by atoms with van der Waals surface area (Å²) < 4.78 is 0.876. The summed E-state index contributed by atoms with van der Waals surface area (Å²) in [6, 6.07) is 11.0. The molecule has 4 heteroatoms. The third-order valence-electron chi connectivity index (χ3n) is 2.71. The minimum Gasteiger partial charge on any atom is -0.384 e. The molecule has 0 saturated carbocycles. The largest absolute Gasteiger partial charge is 0.384 e. The fraction of sp³-hybridized carbons (Fsp3) is 0.143. The molecular weight excluding hydrogens is 335 g/mol. The maximum absolute atomic E-state index is 10.3. The number of aliphatic hydroxyl groups is 1. The van der Waals surface area contributed by atoms with Gasteiger partial charge in [0.15, 0.2) is 0 Å². The van der Waals surface area contributed by atoms with Crippen molar-refractivity contribution in [1.82, 2.24) is 0 Å². The zero-order valence-electron chi connectivity index (χ0n) is 9.62. The maximum atomic E-state index is 10.3. The minimum atomic E-state index is -0.727. The fourth-order valence-corrected chi connectivity index (χ4v) is 2.73. The SMILES string of the molecule is Cc1ccc(C(O)c2ccc(Cl)c(Cl)c2)c(Br)c1. The summed E-state index contributed by atoms with van der Waals surface area (Å²) in [6.45, 7) is 2.00. The molecule has 0 radical (unpaired) electrons. The van der Waals surface area contributed by atoms with E-state index in [1.807, 2.05) is 25.1 Å². The van der Waals surface area contributed by atoms with Gasteiger partial charge in [0.05, 0.1) is 10.0 Å². The number of halogens is 3. The molecule has 0 aliphatic rings. The average molecular weight is 346 g/mol. The summed E-state index contributed by atoms with van der Waals surface area (Å²) in [6.07, 6.45) is -0.727. The van der Waals surface area contributed by atoms with Crippen molar-refractivity contribution in [2.75, 3.05) is 0 Å². The van der Waals surface area contributed by atoms with Crippen LogP contribution >= 0.6 is 39.1 Å². The van der Waals surface area contributed by atoms with Gasteiger partial charge >= 0.3 is 0 Å². The molecule has 0 saturated heterocycles. The molecular formula is C14H11BrCl2O. The Kier molecular flexibility index (Phi) is 4.33. The number of hydrogen-bond donors (Lipinski definition) is 1. The van der Waals surface area contributed by atoms with Gasteiger partial charge in [-0.2, -0.15) is 0 Å². The van der Waals surface area contributed by atoms with E-state index in [2.05, 4.69) is 15.9 Å². The molecule has 0 bridgehead atoms. The third kappa shape index (κ3) is 2.89. The van der Waals surface area contributed by atoms with Crippen LogP contribution in [0, 0.1) is 6.92 Å². The maximum Gasteiger partial charge on any atom is 0.105 e. The number of aliphatic hydroxyl groups excluding tert-OH is 1. The van der Waals surface area contributed by atoms with Crippen LogP contribution in [0.5, 0.6) is 0 Å². The normalized spacial score (nSPS) is 12.5. The van der Waals surface area contributed by atoms with E-state index < -0.39 is 6.10 Å². The highest BCUT2D eigenvalue weighted by atomic mass is 79.9. The molecule has 1 unspecified atom stereocenters. The van der Waals surface area contributed by atoms with E-state index in [4.69, 9.17) is 23.2 Å². The standard InChI is InChI=1S/C14H11BrCl2O/c1-8-2-4-10(11(15)6-8)14(18)9-3-5-12(16)13(17)7-9/h2-7,14,18H,1H3. The molecule has 0 aliphatic carbocycles. The van der Waals surface area contributed by atoms with Crippen molar-refractivity contribution in [3.8, 4) is 0 Å². The van der Waals surface area contributed by atoms with Crippen molar-refractivity contribution in [1.29, 1.82) is 0 Å². The van der Waals surface area contributed by atoms with Gasteiger partial charge in [0.2, 0.25) is 0 Å². The molecule has 0 aromatic heterocycles. The monoisotopic (exact) mass is 344 g/mol. The van der Waals surface area contributed by atoms with Crippen molar-refractivity contribution in [2.45, 2.75) is 13.0 Å². The Balaban J connectivity index is 2.41. The first-order valence-corrected chi connectivity index (χ1v) is 6.93. The second-order valence-electron chi connectivity index (χ2n) is 4.10. The second kappa shape index (κ2) is 5.62. The van der Waals surface area contributed by atoms with Crippen molar-refractivity contribution in [2.24, 2.45) is 0 Å². The second-order valence-corrected chi connectivity index (χ2v) is 5.77. The molecule has 1 nitrogen and oxygen atoms in total. The van der Waals surface area contributed by atoms with Gasteiger partial charge in [-0.3, -0.25) is 0 Å². The summed E-state index contributed by atoms with van der Waals surface area (Å²) in [4.78, 5) is 0. The number of aryl methyl sites for hydroxylation is 1. The molecule has 0 spiro atoms. The highest BCUT2D eigenvalue weighted by Crippen LogP contribution is 2.32. The molecule has 2 rings (SSSR count). The molecule has 18 heavy (non-hydrogen) atoms. The predicted octanol–water partition coefficient (Wildman–Crippen LogP) is 5.15. The summed E-state index contributed by atoms with van der Waals surface area (Å²) in [7, 11) is 0. The lowest BCUT2D eigenvalue weighted by Crippen LogP contribution is -2.01. The summed E-state index contributed by atoms with van der Waals surface area (Å²) in [5, 5.41) is 11.3. The first-order valence-electron chi connectivity index (χ1n) is 5.38. The van der Waals surface area contributed by atoms with E-state index in [9.17, 15) is 5.11 Å². The molecule has 0 heterocycles. The Bertz CT molecular complexity index is 584. The van der Waals surface area contributed by atoms with E-state index in [0.717, 1.165) is 15.6 Å². The summed E-state index contributed by atoms with van der Waals surface area (Å²) in [5.41, 5.74) is 2.65. The van der Waals surface area contributed by atoms with Gasteiger partial charge in [0, 0.05) is 4.47 Å². The average Bonchev–Trinajstić information content (AvgIpc) is 2.32. The quantitative estimate of drug-likeness (QED) is 0.798. The van der Waals surface area contributed by atoms with Crippen LogP contribution in [-0.2, 0) is 0 Å².